The molecule has 3 nitrogen and oxygen atoms in total. The molecule has 2 heterocycles. The van der Waals surface area contributed by atoms with Crippen molar-refractivity contribution in [1.82, 2.24) is 9.88 Å². The summed E-state index contributed by atoms with van der Waals surface area (Å²) in [6, 6.07) is 6.08. The van der Waals surface area contributed by atoms with Gasteiger partial charge in [0.2, 0.25) is 0 Å². The lowest BCUT2D eigenvalue weighted by atomic mass is 10.0. The molecule has 1 aliphatic rings. The van der Waals surface area contributed by atoms with Gasteiger partial charge >= 0.3 is 0 Å². The number of pyridine rings is 1. The first-order valence-electron chi connectivity index (χ1n) is 6.23. The van der Waals surface area contributed by atoms with Crippen LogP contribution >= 0.6 is 0 Å². The van der Waals surface area contributed by atoms with E-state index < -0.39 is 0 Å². The number of rotatable bonds is 4. The first-order valence-corrected chi connectivity index (χ1v) is 6.23. The minimum absolute atomic E-state index is 0.388. The normalized spacial score (nSPS) is 19.6. The highest BCUT2D eigenvalue weighted by molar-refractivity contribution is 5.10. The van der Waals surface area contributed by atoms with Gasteiger partial charge in [-0.3, -0.25) is 4.98 Å². The number of nitrogens with zero attached hydrogens (tertiary/aromatic N) is 2. The number of aromatic nitrogens is 1. The number of nitrogens with two attached hydrogens (primary N) is 1. The largest absolute Gasteiger partial charge is 0.330 e. The maximum Gasteiger partial charge on any atom is 0.0459 e. The fourth-order valence-electron chi connectivity index (χ4n) is 2.36. The molecule has 2 rings (SSSR count). The average molecular weight is 219 g/mol. The van der Waals surface area contributed by atoms with Crippen molar-refractivity contribution in [2.24, 2.45) is 5.73 Å². The molecule has 1 unspecified atom stereocenters. The quantitative estimate of drug-likeness (QED) is 0.836. The lowest BCUT2D eigenvalue weighted by molar-refractivity contribution is 0.215. The minimum atomic E-state index is 0.388. The van der Waals surface area contributed by atoms with Crippen LogP contribution in [0.4, 0.5) is 0 Å². The second-order valence-corrected chi connectivity index (χ2v) is 4.55. The lowest BCUT2D eigenvalue weighted by Crippen LogP contribution is -2.35. The van der Waals surface area contributed by atoms with Gasteiger partial charge in [0.1, 0.15) is 0 Å². The maximum atomic E-state index is 5.86. The van der Waals surface area contributed by atoms with Crippen LogP contribution in [-0.4, -0.2) is 36.1 Å². The van der Waals surface area contributed by atoms with Crippen LogP contribution in [0.1, 0.15) is 30.9 Å². The third-order valence-corrected chi connectivity index (χ3v) is 3.32. The van der Waals surface area contributed by atoms with Crippen LogP contribution in [0, 0.1) is 0 Å². The Balaban J connectivity index is 1.94. The Bertz CT molecular complexity index is 293. The van der Waals surface area contributed by atoms with Crippen molar-refractivity contribution in [3.63, 3.8) is 0 Å². The highest BCUT2D eigenvalue weighted by Crippen LogP contribution is 2.16. The van der Waals surface area contributed by atoms with Crippen LogP contribution in [-0.2, 0) is 0 Å². The Morgan fingerprint density at radius 3 is 2.69 bits per heavy atom. The van der Waals surface area contributed by atoms with Crippen molar-refractivity contribution in [3.05, 3.63) is 30.1 Å². The smallest absolute Gasteiger partial charge is 0.0459 e. The predicted molar refractivity (Wildman–Crippen MR) is 66.3 cm³/mol. The summed E-state index contributed by atoms with van der Waals surface area (Å²) in [7, 11) is 0. The lowest BCUT2D eigenvalue weighted by Gasteiger charge is -2.29. The minimum Gasteiger partial charge on any atom is -0.330 e. The SMILES string of the molecule is NCC(CN1CCCCC1)c1ccccn1. The van der Waals surface area contributed by atoms with Crippen LogP contribution in [0.15, 0.2) is 24.4 Å². The predicted octanol–water partition coefficient (Wildman–Crippen LogP) is 1.61. The molecular weight excluding hydrogens is 198 g/mol. The number of likely N-dealkylation sites (tertiary alicyclic amines) is 1. The average Bonchev–Trinajstić information content (AvgIpc) is 2.38. The number of hydrogen-bond donors (Lipinski definition) is 1. The van der Waals surface area contributed by atoms with E-state index in [0.717, 1.165) is 12.2 Å². The standard InChI is InChI=1S/C13H21N3/c14-10-12(13-6-2-3-7-15-13)11-16-8-4-1-5-9-16/h2-3,6-7,12H,1,4-5,8-11,14H2. The Kier molecular flexibility index (Phi) is 4.31. The second kappa shape index (κ2) is 5.97. The van der Waals surface area contributed by atoms with Crippen molar-refractivity contribution in [1.29, 1.82) is 0 Å². The molecule has 1 aromatic heterocycles. The topological polar surface area (TPSA) is 42.1 Å². The molecule has 0 spiro atoms. The molecule has 0 amide bonds. The summed E-state index contributed by atoms with van der Waals surface area (Å²) < 4.78 is 0. The zero-order valence-electron chi connectivity index (χ0n) is 9.81. The van der Waals surface area contributed by atoms with E-state index in [1.165, 1.54) is 32.4 Å². The van der Waals surface area contributed by atoms with Crippen LogP contribution < -0.4 is 5.73 Å². The van der Waals surface area contributed by atoms with E-state index in [9.17, 15) is 0 Å². The molecule has 2 N–H and O–H groups in total. The summed E-state index contributed by atoms with van der Waals surface area (Å²) in [5.74, 6) is 0.388. The molecule has 0 saturated carbocycles. The van der Waals surface area contributed by atoms with Gasteiger partial charge in [0, 0.05) is 30.9 Å². The Labute approximate surface area is 97.7 Å². The molecule has 0 radical (unpaired) electrons. The number of piperidine rings is 1. The van der Waals surface area contributed by atoms with E-state index in [-0.39, 0.29) is 0 Å². The molecule has 1 aliphatic heterocycles. The van der Waals surface area contributed by atoms with E-state index in [4.69, 9.17) is 5.73 Å². The third-order valence-electron chi connectivity index (χ3n) is 3.32. The Morgan fingerprint density at radius 2 is 2.06 bits per heavy atom. The zero-order chi connectivity index (χ0) is 11.2. The summed E-state index contributed by atoms with van der Waals surface area (Å²) in [6.45, 7) is 4.20. The highest BCUT2D eigenvalue weighted by Gasteiger charge is 2.17. The van der Waals surface area contributed by atoms with E-state index in [1.54, 1.807) is 0 Å². The van der Waals surface area contributed by atoms with Crippen LogP contribution in [0.25, 0.3) is 0 Å². The summed E-state index contributed by atoms with van der Waals surface area (Å²) in [6.07, 6.45) is 5.90. The molecule has 1 atom stereocenters. The fourth-order valence-corrected chi connectivity index (χ4v) is 2.36. The van der Waals surface area contributed by atoms with Crippen molar-refractivity contribution < 1.29 is 0 Å². The van der Waals surface area contributed by atoms with Gasteiger partial charge in [0.25, 0.3) is 0 Å². The molecule has 1 fully saturated rings. The molecular formula is C13H21N3. The van der Waals surface area contributed by atoms with Crippen molar-refractivity contribution in [3.8, 4) is 0 Å². The molecule has 1 aromatic rings. The maximum absolute atomic E-state index is 5.86. The summed E-state index contributed by atoms with van der Waals surface area (Å²) in [5.41, 5.74) is 6.99. The van der Waals surface area contributed by atoms with Crippen LogP contribution in [0.3, 0.4) is 0 Å². The Hall–Kier alpha value is -0.930. The van der Waals surface area contributed by atoms with Gasteiger partial charge in [-0.05, 0) is 38.1 Å². The first kappa shape index (κ1) is 11.6. The van der Waals surface area contributed by atoms with Gasteiger partial charge in [-0.25, -0.2) is 0 Å². The van der Waals surface area contributed by atoms with Crippen molar-refractivity contribution >= 4 is 0 Å². The van der Waals surface area contributed by atoms with Gasteiger partial charge < -0.3 is 10.6 Å². The van der Waals surface area contributed by atoms with Crippen molar-refractivity contribution in [2.45, 2.75) is 25.2 Å². The second-order valence-electron chi connectivity index (χ2n) is 4.55. The summed E-state index contributed by atoms with van der Waals surface area (Å²) in [4.78, 5) is 6.93. The molecule has 0 aliphatic carbocycles. The van der Waals surface area contributed by atoms with E-state index >= 15 is 0 Å². The summed E-state index contributed by atoms with van der Waals surface area (Å²) in [5, 5.41) is 0. The summed E-state index contributed by atoms with van der Waals surface area (Å²) >= 11 is 0. The van der Waals surface area contributed by atoms with Gasteiger partial charge in [0.05, 0.1) is 0 Å². The van der Waals surface area contributed by atoms with Gasteiger partial charge in [-0.15, -0.1) is 0 Å². The molecule has 1 saturated heterocycles. The van der Waals surface area contributed by atoms with Gasteiger partial charge in [0.15, 0.2) is 0 Å². The third kappa shape index (κ3) is 3.03. The van der Waals surface area contributed by atoms with Crippen LogP contribution in [0.2, 0.25) is 0 Å². The molecule has 0 aromatic carbocycles. The fraction of sp³-hybridized carbons (Fsp3) is 0.615. The molecule has 3 heteroatoms. The van der Waals surface area contributed by atoms with Gasteiger partial charge in [-0.2, -0.15) is 0 Å². The van der Waals surface area contributed by atoms with E-state index in [2.05, 4.69) is 16.0 Å². The highest BCUT2D eigenvalue weighted by atomic mass is 15.1. The number of hydrogen-bond acceptors (Lipinski definition) is 3. The van der Waals surface area contributed by atoms with E-state index in [0.29, 0.717) is 12.5 Å². The van der Waals surface area contributed by atoms with Gasteiger partial charge in [-0.1, -0.05) is 12.5 Å². The Morgan fingerprint density at radius 1 is 1.25 bits per heavy atom. The molecule has 0 bridgehead atoms. The zero-order valence-corrected chi connectivity index (χ0v) is 9.81. The first-order chi connectivity index (χ1) is 7.90. The molecule has 88 valence electrons. The monoisotopic (exact) mass is 219 g/mol. The van der Waals surface area contributed by atoms with Crippen LogP contribution in [0.5, 0.6) is 0 Å². The van der Waals surface area contributed by atoms with Crippen molar-refractivity contribution in [2.75, 3.05) is 26.2 Å². The molecule has 16 heavy (non-hydrogen) atoms. The van der Waals surface area contributed by atoms with E-state index in [1.807, 2.05) is 18.3 Å².